The van der Waals surface area contributed by atoms with Gasteiger partial charge in [-0.3, -0.25) is 4.90 Å². The van der Waals surface area contributed by atoms with Crippen molar-refractivity contribution in [1.29, 1.82) is 0 Å². The summed E-state index contributed by atoms with van der Waals surface area (Å²) in [5.41, 5.74) is 0. The summed E-state index contributed by atoms with van der Waals surface area (Å²) in [7, 11) is 0. The molecule has 2 nitrogen and oxygen atoms in total. The molecule has 0 radical (unpaired) electrons. The van der Waals surface area contributed by atoms with E-state index in [1.54, 1.807) is 0 Å². The second-order valence-electron chi connectivity index (χ2n) is 7.18. The van der Waals surface area contributed by atoms with Crippen molar-refractivity contribution in [3.8, 4) is 0 Å². The highest BCUT2D eigenvalue weighted by atomic mass is 15.2. The summed E-state index contributed by atoms with van der Waals surface area (Å²) >= 11 is 0. The van der Waals surface area contributed by atoms with E-state index in [9.17, 15) is 0 Å². The smallest absolute Gasteiger partial charge is 0.0209 e. The van der Waals surface area contributed by atoms with Crippen molar-refractivity contribution >= 4 is 0 Å². The highest BCUT2D eigenvalue weighted by Crippen LogP contribution is 2.35. The first kappa shape index (κ1) is 12.9. The standard InChI is InChI=1S/C16H30N2/c1-12(2)15-5-3-4-6-16(15)18-10-9-14(11-18)17-13-7-8-13/h12-17H,3-11H2,1-2H3. The van der Waals surface area contributed by atoms with Crippen LogP contribution < -0.4 is 5.32 Å². The lowest BCUT2D eigenvalue weighted by Crippen LogP contribution is -2.44. The number of hydrogen-bond acceptors (Lipinski definition) is 2. The van der Waals surface area contributed by atoms with Crippen LogP contribution in [0.5, 0.6) is 0 Å². The van der Waals surface area contributed by atoms with Crippen LogP contribution in [0.25, 0.3) is 0 Å². The third-order valence-electron chi connectivity index (χ3n) is 5.38. The SMILES string of the molecule is CC(C)C1CCCCC1N1CCC(NC2CC2)C1. The molecule has 2 heteroatoms. The lowest BCUT2D eigenvalue weighted by atomic mass is 9.77. The van der Waals surface area contributed by atoms with E-state index in [2.05, 4.69) is 24.1 Å². The zero-order chi connectivity index (χ0) is 12.5. The van der Waals surface area contributed by atoms with Gasteiger partial charge in [-0.1, -0.05) is 26.7 Å². The van der Waals surface area contributed by atoms with E-state index >= 15 is 0 Å². The Balaban J connectivity index is 1.55. The van der Waals surface area contributed by atoms with Crippen LogP contribution in [0.1, 0.15) is 58.8 Å². The van der Waals surface area contributed by atoms with Gasteiger partial charge in [-0.2, -0.15) is 0 Å². The van der Waals surface area contributed by atoms with Crippen LogP contribution in [0.15, 0.2) is 0 Å². The first-order valence-corrected chi connectivity index (χ1v) is 8.24. The van der Waals surface area contributed by atoms with Crippen LogP contribution in [0.3, 0.4) is 0 Å². The Morgan fingerprint density at radius 3 is 2.44 bits per heavy atom. The van der Waals surface area contributed by atoms with Gasteiger partial charge in [0.25, 0.3) is 0 Å². The van der Waals surface area contributed by atoms with Gasteiger partial charge in [-0.05, 0) is 43.9 Å². The Morgan fingerprint density at radius 1 is 0.944 bits per heavy atom. The zero-order valence-corrected chi connectivity index (χ0v) is 12.2. The van der Waals surface area contributed by atoms with Crippen LogP contribution >= 0.6 is 0 Å². The Labute approximate surface area is 113 Å². The molecule has 0 aromatic carbocycles. The van der Waals surface area contributed by atoms with Crippen molar-refractivity contribution in [2.75, 3.05) is 13.1 Å². The molecule has 0 amide bonds. The minimum atomic E-state index is 0.798. The summed E-state index contributed by atoms with van der Waals surface area (Å²) in [6.07, 6.45) is 10.1. The molecule has 104 valence electrons. The molecule has 0 aromatic rings. The lowest BCUT2D eigenvalue weighted by molar-refractivity contribution is 0.0968. The van der Waals surface area contributed by atoms with Gasteiger partial charge in [-0.15, -0.1) is 0 Å². The molecule has 1 N–H and O–H groups in total. The predicted octanol–water partition coefficient (Wildman–Crippen LogP) is 3.03. The van der Waals surface area contributed by atoms with Gasteiger partial charge in [0.2, 0.25) is 0 Å². The molecule has 3 fully saturated rings. The molecule has 0 aromatic heterocycles. The molecule has 0 spiro atoms. The first-order valence-electron chi connectivity index (χ1n) is 8.24. The van der Waals surface area contributed by atoms with E-state index in [0.29, 0.717) is 0 Å². The minimum Gasteiger partial charge on any atom is -0.310 e. The number of likely N-dealkylation sites (tertiary alicyclic amines) is 1. The molecule has 1 heterocycles. The molecule has 2 saturated carbocycles. The fraction of sp³-hybridized carbons (Fsp3) is 1.00. The number of hydrogen-bond donors (Lipinski definition) is 1. The summed E-state index contributed by atoms with van der Waals surface area (Å²) in [6.45, 7) is 7.53. The van der Waals surface area contributed by atoms with Crippen molar-refractivity contribution in [3.05, 3.63) is 0 Å². The van der Waals surface area contributed by atoms with Crippen molar-refractivity contribution in [2.45, 2.75) is 76.9 Å². The highest BCUT2D eigenvalue weighted by Gasteiger charge is 2.36. The minimum absolute atomic E-state index is 0.798. The monoisotopic (exact) mass is 250 g/mol. The largest absolute Gasteiger partial charge is 0.310 e. The van der Waals surface area contributed by atoms with E-state index in [1.807, 2.05) is 0 Å². The number of nitrogens with zero attached hydrogens (tertiary/aromatic N) is 1. The fourth-order valence-electron chi connectivity index (χ4n) is 4.18. The molecule has 3 atom stereocenters. The van der Waals surface area contributed by atoms with Crippen molar-refractivity contribution in [2.24, 2.45) is 11.8 Å². The van der Waals surface area contributed by atoms with E-state index in [1.165, 1.54) is 58.0 Å². The van der Waals surface area contributed by atoms with Crippen molar-refractivity contribution in [3.63, 3.8) is 0 Å². The van der Waals surface area contributed by atoms with Gasteiger partial charge in [0.05, 0.1) is 0 Å². The Bertz CT molecular complexity index is 272. The maximum atomic E-state index is 3.82. The average Bonchev–Trinajstić information content (AvgIpc) is 3.05. The first-order chi connectivity index (χ1) is 8.74. The summed E-state index contributed by atoms with van der Waals surface area (Å²) in [6, 6.07) is 2.57. The summed E-state index contributed by atoms with van der Waals surface area (Å²) < 4.78 is 0. The Kier molecular flexibility index (Phi) is 3.95. The van der Waals surface area contributed by atoms with E-state index in [4.69, 9.17) is 0 Å². The van der Waals surface area contributed by atoms with E-state index < -0.39 is 0 Å². The Morgan fingerprint density at radius 2 is 1.72 bits per heavy atom. The van der Waals surface area contributed by atoms with Crippen LogP contribution in [0.2, 0.25) is 0 Å². The fourth-order valence-corrected chi connectivity index (χ4v) is 4.18. The van der Waals surface area contributed by atoms with Crippen LogP contribution in [-0.4, -0.2) is 36.1 Å². The maximum Gasteiger partial charge on any atom is 0.0209 e. The summed E-state index contributed by atoms with van der Waals surface area (Å²) in [4.78, 5) is 2.82. The van der Waals surface area contributed by atoms with Gasteiger partial charge >= 0.3 is 0 Å². The van der Waals surface area contributed by atoms with Gasteiger partial charge in [-0.25, -0.2) is 0 Å². The Hall–Kier alpha value is -0.0800. The van der Waals surface area contributed by atoms with Gasteiger partial charge < -0.3 is 5.32 Å². The second kappa shape index (κ2) is 5.50. The van der Waals surface area contributed by atoms with Gasteiger partial charge in [0, 0.05) is 31.2 Å². The molecule has 18 heavy (non-hydrogen) atoms. The molecular formula is C16H30N2. The molecule has 2 aliphatic carbocycles. The van der Waals surface area contributed by atoms with Crippen LogP contribution in [0.4, 0.5) is 0 Å². The van der Waals surface area contributed by atoms with E-state index in [-0.39, 0.29) is 0 Å². The summed E-state index contributed by atoms with van der Waals surface area (Å²) in [5, 5.41) is 3.82. The quantitative estimate of drug-likeness (QED) is 0.825. The predicted molar refractivity (Wildman–Crippen MR) is 76.7 cm³/mol. The molecule has 3 aliphatic rings. The maximum absolute atomic E-state index is 3.82. The normalized spacial score (nSPS) is 38.5. The topological polar surface area (TPSA) is 15.3 Å². The molecule has 3 rings (SSSR count). The second-order valence-corrected chi connectivity index (χ2v) is 7.18. The molecule has 0 bridgehead atoms. The average molecular weight is 250 g/mol. The lowest BCUT2D eigenvalue weighted by Gasteiger charge is -2.40. The highest BCUT2D eigenvalue weighted by molar-refractivity contribution is 4.94. The molecule has 1 aliphatic heterocycles. The zero-order valence-electron chi connectivity index (χ0n) is 12.2. The van der Waals surface area contributed by atoms with E-state index in [0.717, 1.165) is 30.0 Å². The third-order valence-corrected chi connectivity index (χ3v) is 5.38. The number of nitrogens with one attached hydrogen (secondary N) is 1. The number of rotatable bonds is 4. The van der Waals surface area contributed by atoms with Gasteiger partial charge in [0.15, 0.2) is 0 Å². The van der Waals surface area contributed by atoms with Crippen LogP contribution in [-0.2, 0) is 0 Å². The molecular weight excluding hydrogens is 220 g/mol. The third kappa shape index (κ3) is 2.91. The summed E-state index contributed by atoms with van der Waals surface area (Å²) in [5.74, 6) is 1.82. The van der Waals surface area contributed by atoms with Crippen molar-refractivity contribution in [1.82, 2.24) is 10.2 Å². The van der Waals surface area contributed by atoms with Gasteiger partial charge in [0.1, 0.15) is 0 Å². The molecule has 3 unspecified atom stereocenters. The van der Waals surface area contributed by atoms with Crippen molar-refractivity contribution < 1.29 is 0 Å². The molecule has 1 saturated heterocycles. The van der Waals surface area contributed by atoms with Crippen LogP contribution in [0, 0.1) is 11.8 Å².